The Kier molecular flexibility index (Phi) is 13.5. The molecule has 0 saturated carbocycles. The number of para-hydroxylation sites is 4. The van der Waals surface area contributed by atoms with Crippen LogP contribution in [0.5, 0.6) is 0 Å². The summed E-state index contributed by atoms with van der Waals surface area (Å²) < 4.78 is 13.3. The van der Waals surface area contributed by atoms with Gasteiger partial charge in [-0.15, -0.1) is 0 Å². The zero-order valence-corrected chi connectivity index (χ0v) is 55.7. The Morgan fingerprint density at radius 1 is 0.211 bits per heavy atom. The van der Waals surface area contributed by atoms with Crippen molar-refractivity contribution >= 4 is 143 Å². The summed E-state index contributed by atoms with van der Waals surface area (Å²) in [4.78, 5) is 0. The molecule has 0 amide bonds. The zero-order valence-electron chi connectivity index (χ0n) is 51.5. The van der Waals surface area contributed by atoms with Crippen molar-refractivity contribution < 1.29 is 0 Å². The van der Waals surface area contributed by atoms with Crippen LogP contribution in [0.2, 0.25) is 0 Å². The minimum atomic E-state index is 0.193. The van der Waals surface area contributed by atoms with Crippen LogP contribution in [0.15, 0.2) is 340 Å². The van der Waals surface area contributed by atoms with Gasteiger partial charge in [0, 0.05) is 0 Å². The van der Waals surface area contributed by atoms with Gasteiger partial charge in [-0.05, 0) is 0 Å². The quantitative estimate of drug-likeness (QED) is 0.134. The maximum atomic E-state index is 2.49. The van der Waals surface area contributed by atoms with E-state index >= 15 is 0 Å². The number of thiophene rings is 1. The molecule has 0 saturated heterocycles. The van der Waals surface area contributed by atoms with E-state index in [2.05, 4.69) is 349 Å². The Bertz CT molecular complexity index is 6370. The second kappa shape index (κ2) is 23.0. The van der Waals surface area contributed by atoms with E-state index in [1.54, 1.807) is 0 Å². The zero-order chi connectivity index (χ0) is 62.5. The average molecular weight is 1360 g/mol. The van der Waals surface area contributed by atoms with E-state index < -0.39 is 0 Å². The fourth-order valence-corrected chi connectivity index (χ4v) is 20.5. The second-order valence-corrected chi connectivity index (χ2v) is 30.3. The van der Waals surface area contributed by atoms with Gasteiger partial charge in [-0.1, -0.05) is 12.1 Å². The standard InChI is InChI=1S/C48H31NSe.C42H25NSSe/c1-5-15-32(16-6-1)39-31-45-48(47(34-19-9-3-10-20-34)46(39)33-17-7-2-8-18-33)41-30-36(26-28-44(41)50-45)35-25-27-43-40(29-35)38-23-13-14-24-42(38)49(43)37-21-11-4-12-22-37;1-2-8-30(9-3-1)43-37-12-6-4-10-31(37)33-22-26(14-18-38(33)43)28-16-20-41-35(24-28)36-25-29(17-21-42(36)45-41)27-15-19-40-34(23-27)32-11-5-7-13-39(32)44-40/h1-31H;1-25H. The Hall–Kier alpha value is -10.8. The van der Waals surface area contributed by atoms with Crippen molar-refractivity contribution in [2.24, 2.45) is 0 Å². The molecule has 20 rings (SSSR count). The molecule has 0 aliphatic heterocycles. The molecule has 2 nitrogen and oxygen atoms in total. The summed E-state index contributed by atoms with van der Waals surface area (Å²) in [6.45, 7) is 0. The third-order valence-corrected chi connectivity index (χ3v) is 25.1. The van der Waals surface area contributed by atoms with Gasteiger partial charge < -0.3 is 0 Å². The van der Waals surface area contributed by atoms with Crippen LogP contribution in [0, 0.1) is 0 Å². The molecule has 0 aliphatic carbocycles. The summed E-state index contributed by atoms with van der Waals surface area (Å²) >= 11 is 2.39. The molecule has 0 aliphatic rings. The summed E-state index contributed by atoms with van der Waals surface area (Å²) in [5, 5.41) is 13.3. The van der Waals surface area contributed by atoms with E-state index in [4.69, 9.17) is 0 Å². The molecule has 5 aromatic heterocycles. The number of hydrogen-bond acceptors (Lipinski definition) is 1. The molecular formula is C90H56N2SSe2. The van der Waals surface area contributed by atoms with Crippen molar-refractivity contribution in [3.8, 4) is 78.1 Å². The van der Waals surface area contributed by atoms with Crippen LogP contribution >= 0.6 is 11.3 Å². The number of fused-ring (bicyclic) bond motifs is 15. The average Bonchev–Trinajstić information content (AvgIpc) is 1.68. The molecule has 15 aromatic carbocycles. The number of benzene rings is 15. The topological polar surface area (TPSA) is 9.86 Å². The van der Waals surface area contributed by atoms with E-state index in [9.17, 15) is 0 Å². The van der Waals surface area contributed by atoms with Gasteiger partial charge in [0.05, 0.1) is 0 Å². The van der Waals surface area contributed by atoms with Crippen molar-refractivity contribution in [3.63, 3.8) is 0 Å². The normalized spacial score (nSPS) is 11.8. The molecule has 0 atom stereocenters. The summed E-state index contributed by atoms with van der Waals surface area (Å²) in [6.07, 6.45) is 0. The second-order valence-electron chi connectivity index (χ2n) is 24.6. The van der Waals surface area contributed by atoms with Crippen LogP contribution in [0.1, 0.15) is 0 Å². The molecule has 0 unspecified atom stereocenters. The number of rotatable bonds is 8. The molecule has 95 heavy (non-hydrogen) atoms. The molecule has 0 radical (unpaired) electrons. The maximum absolute atomic E-state index is 2.49. The molecule has 444 valence electrons. The molecule has 0 fully saturated rings. The molecule has 5 heteroatoms. The van der Waals surface area contributed by atoms with E-state index in [1.807, 2.05) is 11.3 Å². The van der Waals surface area contributed by atoms with Gasteiger partial charge in [-0.3, -0.25) is 0 Å². The first-order valence-electron chi connectivity index (χ1n) is 32.4. The molecule has 5 heterocycles. The van der Waals surface area contributed by atoms with Gasteiger partial charge in [-0.25, -0.2) is 0 Å². The number of aromatic nitrogens is 2. The van der Waals surface area contributed by atoms with Gasteiger partial charge in [0.25, 0.3) is 0 Å². The monoisotopic (exact) mass is 1360 g/mol. The predicted octanol–water partition coefficient (Wildman–Crippen LogP) is 24.7. The SMILES string of the molecule is c1ccc(-c2cc3[se]c4ccc(-c5ccc6c(c5)c5ccccc5n6-c5ccccc5)cc4c3c(-c3ccccc3)c2-c2ccccc2)cc1.c1ccc(-n2c3ccccc3c3cc(-c4ccc5[se]c6ccc(-c7ccc8sc9ccccc9c8c7)cc6c5c4)ccc32)cc1. The fraction of sp³-hybridized carbons (Fsp3) is 0. The van der Waals surface area contributed by atoms with E-state index in [-0.39, 0.29) is 14.5 Å². The summed E-state index contributed by atoms with van der Waals surface area (Å²) in [5.74, 6) is 0. The number of hydrogen-bond donors (Lipinski definition) is 0. The van der Waals surface area contributed by atoms with Crippen LogP contribution in [0.25, 0.3) is 181 Å². The Labute approximate surface area is 565 Å². The van der Waals surface area contributed by atoms with Crippen molar-refractivity contribution in [3.05, 3.63) is 340 Å². The number of nitrogens with zero attached hydrogens (tertiary/aromatic N) is 2. The predicted molar refractivity (Wildman–Crippen MR) is 411 cm³/mol. The van der Waals surface area contributed by atoms with Crippen molar-refractivity contribution in [2.75, 3.05) is 0 Å². The van der Waals surface area contributed by atoms with Crippen LogP contribution in [-0.2, 0) is 0 Å². The first kappa shape index (κ1) is 55.8. The van der Waals surface area contributed by atoms with Gasteiger partial charge >= 0.3 is 558 Å². The molecular weight excluding hydrogens is 1300 g/mol. The van der Waals surface area contributed by atoms with Crippen molar-refractivity contribution in [1.29, 1.82) is 0 Å². The van der Waals surface area contributed by atoms with Gasteiger partial charge in [0.15, 0.2) is 0 Å². The molecule has 0 bridgehead atoms. The van der Waals surface area contributed by atoms with Crippen molar-refractivity contribution in [2.45, 2.75) is 0 Å². The van der Waals surface area contributed by atoms with Gasteiger partial charge in [0.2, 0.25) is 0 Å². The summed E-state index contributed by atoms with van der Waals surface area (Å²) in [5.41, 5.74) is 22.6. The van der Waals surface area contributed by atoms with Gasteiger partial charge in [0.1, 0.15) is 0 Å². The Balaban J connectivity index is 0.000000135. The third-order valence-electron chi connectivity index (χ3n) is 19.2. The van der Waals surface area contributed by atoms with Gasteiger partial charge in [-0.2, -0.15) is 0 Å². The van der Waals surface area contributed by atoms with Crippen LogP contribution in [0.4, 0.5) is 0 Å². The third kappa shape index (κ3) is 9.50. The molecule has 0 spiro atoms. The van der Waals surface area contributed by atoms with E-state index in [1.165, 1.54) is 181 Å². The first-order chi connectivity index (χ1) is 47.1. The Morgan fingerprint density at radius 2 is 0.568 bits per heavy atom. The fourth-order valence-electron chi connectivity index (χ4n) is 14.8. The van der Waals surface area contributed by atoms with E-state index in [0.29, 0.717) is 14.5 Å². The molecule has 0 N–H and O–H groups in total. The van der Waals surface area contributed by atoms with Crippen LogP contribution in [0.3, 0.4) is 0 Å². The Morgan fingerprint density at radius 3 is 1.09 bits per heavy atom. The summed E-state index contributed by atoms with van der Waals surface area (Å²) in [6, 6.07) is 125. The minimum absolute atomic E-state index is 0.193. The van der Waals surface area contributed by atoms with Crippen LogP contribution in [-0.4, -0.2) is 38.1 Å². The van der Waals surface area contributed by atoms with E-state index in [0.717, 1.165) is 0 Å². The van der Waals surface area contributed by atoms with Crippen LogP contribution < -0.4 is 0 Å². The molecule has 20 aromatic rings. The first-order valence-corrected chi connectivity index (χ1v) is 36.6. The van der Waals surface area contributed by atoms with Crippen molar-refractivity contribution in [1.82, 2.24) is 9.13 Å². The summed E-state index contributed by atoms with van der Waals surface area (Å²) in [7, 11) is 0.